The van der Waals surface area contributed by atoms with Crippen molar-refractivity contribution in [3.05, 3.63) is 151 Å². The van der Waals surface area contributed by atoms with Gasteiger partial charge in [-0.25, -0.2) is 0 Å². The summed E-state index contributed by atoms with van der Waals surface area (Å²) in [6.07, 6.45) is 0. The quantitative estimate of drug-likeness (QED) is 0.164. The van der Waals surface area contributed by atoms with E-state index in [0.717, 1.165) is 68.0 Å². The van der Waals surface area contributed by atoms with Crippen molar-refractivity contribution in [2.45, 2.75) is 52.4 Å². The molecule has 9 heteroatoms. The molecule has 0 radical (unpaired) electrons. The van der Waals surface area contributed by atoms with E-state index in [1.807, 2.05) is 22.7 Å². The molecule has 6 heterocycles. The topological polar surface area (TPSA) is 43.4 Å². The van der Waals surface area contributed by atoms with Crippen molar-refractivity contribution >= 4 is 98.7 Å². The number of nitrogens with zero attached hydrogens (tertiary/aromatic N) is 2. The van der Waals surface area contributed by atoms with Crippen LogP contribution in [0.2, 0.25) is 0 Å². The van der Waals surface area contributed by atoms with E-state index in [9.17, 15) is 0 Å². The lowest BCUT2D eigenvalue weighted by Crippen LogP contribution is -2.59. The molecule has 65 heavy (non-hydrogen) atoms. The molecule has 9 aromatic rings. The van der Waals surface area contributed by atoms with Crippen LogP contribution < -0.4 is 43.8 Å². The molecule has 0 saturated carbocycles. The maximum atomic E-state index is 6.21. The van der Waals surface area contributed by atoms with Gasteiger partial charge in [-0.3, -0.25) is 0 Å². The average molecular weight is 885 g/mol. The summed E-state index contributed by atoms with van der Waals surface area (Å²) in [5.74, 6) is 3.02. The summed E-state index contributed by atoms with van der Waals surface area (Å²) in [7, 11) is 0. The highest BCUT2D eigenvalue weighted by Gasteiger charge is 2.48. The maximum absolute atomic E-state index is 6.21. The van der Waals surface area contributed by atoms with Crippen LogP contribution in [0.3, 0.4) is 0 Å². The summed E-state index contributed by atoms with van der Waals surface area (Å²) in [6, 6.07) is 51.3. The van der Waals surface area contributed by atoms with Crippen LogP contribution >= 0.6 is 22.7 Å². The van der Waals surface area contributed by atoms with Gasteiger partial charge >= 0.3 is 0 Å². The van der Waals surface area contributed by atoms with Gasteiger partial charge in [-0.2, -0.15) is 0 Å². The minimum absolute atomic E-state index is 0.0342. The van der Waals surface area contributed by atoms with Crippen LogP contribution in [0.4, 0.5) is 34.1 Å². The molecule has 2 aromatic heterocycles. The fourth-order valence-electron chi connectivity index (χ4n) is 10.3. The molecule has 0 atom stereocenters. The van der Waals surface area contributed by atoms with Crippen molar-refractivity contribution < 1.29 is 18.9 Å². The molecule has 4 aliphatic rings. The standard InChI is InChI=1S/C56H45BN2O4S2/c1-55(2,3)34-20-22-48-38(24-34)51-53(64-48)57-50-40(58(51)42-28-46-44(60-30-62-46)26-36(42)32-14-9-7-10-15-32)18-13-19-41(50)59(52-39-25-35(56(4,5)6)21-23-49(39)65-54(52)57)43-29-47-45(61-31-63-47)27-37(43)33-16-11-8-12-17-33/h7-29H,30-31H2,1-6H3. The van der Waals surface area contributed by atoms with Gasteiger partial charge in [-0.1, -0.05) is 120 Å². The second-order valence-electron chi connectivity index (χ2n) is 19.5. The van der Waals surface area contributed by atoms with Gasteiger partial charge in [0, 0.05) is 64.4 Å². The molecule has 6 nitrogen and oxygen atoms in total. The predicted octanol–water partition coefficient (Wildman–Crippen LogP) is 13.6. The van der Waals surface area contributed by atoms with Crippen molar-refractivity contribution in [3.8, 4) is 45.3 Å². The number of thiophene rings is 2. The highest BCUT2D eigenvalue weighted by molar-refractivity contribution is 7.40. The van der Waals surface area contributed by atoms with E-state index in [1.165, 1.54) is 57.7 Å². The number of hydrogen-bond acceptors (Lipinski definition) is 8. The Bertz CT molecular complexity index is 3210. The lowest BCUT2D eigenvalue weighted by Gasteiger charge is -2.42. The van der Waals surface area contributed by atoms with Crippen molar-refractivity contribution in [1.82, 2.24) is 0 Å². The van der Waals surface area contributed by atoms with Crippen molar-refractivity contribution in [2.75, 3.05) is 23.4 Å². The Balaban J connectivity index is 1.17. The number of ether oxygens (including phenoxy) is 4. The SMILES string of the molecule is CC(C)(C)c1ccc2sc3c(c2c1)N(c1cc2c(cc1-c1ccccc1)OCO2)c1cccc2c1B3c1sc3ccc(C(C)(C)C)cc3c1N2c1cc2c(cc1-c1ccccc1)OCO2. The Morgan fingerprint density at radius 1 is 0.446 bits per heavy atom. The van der Waals surface area contributed by atoms with E-state index in [0.29, 0.717) is 0 Å². The van der Waals surface area contributed by atoms with E-state index in [4.69, 9.17) is 18.9 Å². The molecule has 0 bridgehead atoms. The summed E-state index contributed by atoms with van der Waals surface area (Å²) in [4.78, 5) is 5.10. The highest BCUT2D eigenvalue weighted by atomic mass is 32.1. The first-order valence-corrected chi connectivity index (χ1v) is 24.0. The Morgan fingerprint density at radius 2 is 0.862 bits per heavy atom. The molecule has 0 spiro atoms. The van der Waals surface area contributed by atoms with Crippen LogP contribution in [0, 0.1) is 0 Å². The van der Waals surface area contributed by atoms with Gasteiger partial charge in [0.15, 0.2) is 23.0 Å². The normalized spacial score (nSPS) is 14.6. The first-order chi connectivity index (χ1) is 31.5. The maximum Gasteiger partial charge on any atom is 0.277 e. The van der Waals surface area contributed by atoms with Crippen molar-refractivity contribution in [1.29, 1.82) is 0 Å². The van der Waals surface area contributed by atoms with Crippen LogP contribution in [-0.4, -0.2) is 20.3 Å². The Morgan fingerprint density at radius 3 is 1.28 bits per heavy atom. The van der Waals surface area contributed by atoms with Crippen molar-refractivity contribution in [3.63, 3.8) is 0 Å². The Hall–Kier alpha value is -6.68. The van der Waals surface area contributed by atoms with Gasteiger partial charge in [0.25, 0.3) is 6.71 Å². The Kier molecular flexibility index (Phi) is 8.30. The highest BCUT2D eigenvalue weighted by Crippen LogP contribution is 2.56. The van der Waals surface area contributed by atoms with Crippen LogP contribution in [-0.2, 0) is 10.8 Å². The van der Waals surface area contributed by atoms with E-state index >= 15 is 0 Å². The van der Waals surface area contributed by atoms with Gasteiger partial charge in [0.2, 0.25) is 13.6 Å². The lowest BCUT2D eigenvalue weighted by atomic mass is 9.39. The molecule has 0 unspecified atom stereocenters. The molecular weight excluding hydrogens is 840 g/mol. The molecule has 0 fully saturated rings. The van der Waals surface area contributed by atoms with E-state index in [-0.39, 0.29) is 31.1 Å². The number of anilines is 6. The van der Waals surface area contributed by atoms with Crippen molar-refractivity contribution in [2.24, 2.45) is 0 Å². The van der Waals surface area contributed by atoms with E-state index in [1.54, 1.807) is 0 Å². The van der Waals surface area contributed by atoms with Gasteiger partial charge in [0.1, 0.15) is 0 Å². The second-order valence-corrected chi connectivity index (χ2v) is 21.7. The number of rotatable bonds is 4. The molecule has 0 aliphatic carbocycles. The monoisotopic (exact) mass is 884 g/mol. The Labute approximate surface area is 387 Å². The summed E-state index contributed by atoms with van der Waals surface area (Å²) in [5.41, 5.74) is 15.0. The smallest absolute Gasteiger partial charge is 0.277 e. The summed E-state index contributed by atoms with van der Waals surface area (Å²) in [5, 5.41) is 2.51. The number of hydrogen-bond donors (Lipinski definition) is 0. The molecule has 0 saturated heterocycles. The molecular formula is C56H45BN2O4S2. The molecule has 0 amide bonds. The van der Waals surface area contributed by atoms with Gasteiger partial charge < -0.3 is 28.7 Å². The number of benzene rings is 7. The largest absolute Gasteiger partial charge is 0.454 e. The molecule has 318 valence electrons. The zero-order chi connectivity index (χ0) is 43.9. The number of fused-ring (bicyclic) bond motifs is 10. The van der Waals surface area contributed by atoms with Crippen LogP contribution in [0.1, 0.15) is 52.7 Å². The van der Waals surface area contributed by atoms with E-state index in [2.05, 4.69) is 191 Å². The van der Waals surface area contributed by atoms with E-state index < -0.39 is 0 Å². The van der Waals surface area contributed by atoms with Crippen LogP contribution in [0.25, 0.3) is 42.4 Å². The lowest BCUT2D eigenvalue weighted by molar-refractivity contribution is 0.173. The summed E-state index contributed by atoms with van der Waals surface area (Å²) < 4.78 is 29.8. The predicted molar refractivity (Wildman–Crippen MR) is 272 cm³/mol. The first-order valence-electron chi connectivity index (χ1n) is 22.3. The van der Waals surface area contributed by atoms with Crippen LogP contribution in [0.15, 0.2) is 140 Å². The summed E-state index contributed by atoms with van der Waals surface area (Å²) >= 11 is 3.86. The molecule has 7 aromatic carbocycles. The zero-order valence-electron chi connectivity index (χ0n) is 37.1. The molecule has 13 rings (SSSR count). The third-order valence-corrected chi connectivity index (χ3v) is 16.0. The zero-order valence-corrected chi connectivity index (χ0v) is 38.7. The van der Waals surface area contributed by atoms with Crippen LogP contribution in [0.5, 0.6) is 23.0 Å². The van der Waals surface area contributed by atoms with Gasteiger partial charge in [-0.15, -0.1) is 22.7 Å². The summed E-state index contributed by atoms with van der Waals surface area (Å²) in [6.45, 7) is 14.2. The third kappa shape index (κ3) is 5.84. The third-order valence-electron chi connectivity index (χ3n) is 13.5. The second kappa shape index (κ2) is 13.9. The van der Waals surface area contributed by atoms with Gasteiger partial charge in [0.05, 0.1) is 22.7 Å². The minimum Gasteiger partial charge on any atom is -0.454 e. The minimum atomic E-state index is -0.0443. The fourth-order valence-corrected chi connectivity index (χ4v) is 12.9. The first kappa shape index (κ1) is 38.8. The van der Waals surface area contributed by atoms with Gasteiger partial charge in [-0.05, 0) is 87.1 Å². The fraction of sp³-hybridized carbons (Fsp3) is 0.179. The average Bonchev–Trinajstić information content (AvgIpc) is 4.13. The molecule has 4 aliphatic heterocycles. The molecule has 0 N–H and O–H groups in total.